The maximum Gasteiger partial charge on any atom is 0.416 e. The summed E-state index contributed by atoms with van der Waals surface area (Å²) in [4.78, 5) is 12.2. The number of carbonyl (C=O) groups is 1. The van der Waals surface area contributed by atoms with E-state index in [0.717, 1.165) is 50.3 Å². The fourth-order valence-electron chi connectivity index (χ4n) is 3.30. The summed E-state index contributed by atoms with van der Waals surface area (Å²) in [6, 6.07) is 9.48. The number of amides is 1. The van der Waals surface area contributed by atoms with Crippen LogP contribution in [0.1, 0.15) is 37.7 Å². The number of sulfonamides is 1. The molecular formula is C20H21F3N2O3S. The van der Waals surface area contributed by atoms with Crippen LogP contribution < -0.4 is 10.0 Å². The Morgan fingerprint density at radius 3 is 2.21 bits per heavy atom. The molecular weight excluding hydrogens is 405 g/mol. The maximum absolute atomic E-state index is 12.8. The number of rotatable bonds is 5. The molecule has 0 saturated heterocycles. The van der Waals surface area contributed by atoms with Crippen LogP contribution in [-0.2, 0) is 21.0 Å². The normalized spacial score (nSPS) is 15.7. The predicted molar refractivity (Wildman–Crippen MR) is 104 cm³/mol. The molecule has 2 aromatic carbocycles. The van der Waals surface area contributed by atoms with E-state index in [-0.39, 0.29) is 22.4 Å². The molecule has 1 fully saturated rings. The van der Waals surface area contributed by atoms with Gasteiger partial charge in [0.2, 0.25) is 5.91 Å². The SMILES string of the molecule is O=C(Nc1ccc(S(=O)(=O)Nc2cccc(C(F)(F)F)c2)cc1)C1CCCCC1. The summed E-state index contributed by atoms with van der Waals surface area (Å²) in [6.45, 7) is 0. The largest absolute Gasteiger partial charge is 0.416 e. The molecule has 1 saturated carbocycles. The van der Waals surface area contributed by atoms with Crippen molar-refractivity contribution in [2.75, 3.05) is 10.0 Å². The monoisotopic (exact) mass is 426 g/mol. The van der Waals surface area contributed by atoms with E-state index in [9.17, 15) is 26.4 Å². The Morgan fingerprint density at radius 2 is 1.59 bits per heavy atom. The number of halogens is 3. The summed E-state index contributed by atoms with van der Waals surface area (Å²) < 4.78 is 65.5. The first-order chi connectivity index (χ1) is 13.6. The molecule has 3 rings (SSSR count). The number of anilines is 2. The van der Waals surface area contributed by atoms with Gasteiger partial charge in [-0.15, -0.1) is 0 Å². The van der Waals surface area contributed by atoms with Crippen LogP contribution in [0.2, 0.25) is 0 Å². The molecule has 0 spiro atoms. The summed E-state index contributed by atoms with van der Waals surface area (Å²) in [5.74, 6) is -0.114. The molecule has 1 aliphatic carbocycles. The van der Waals surface area contributed by atoms with Crippen molar-refractivity contribution in [3.05, 3.63) is 54.1 Å². The van der Waals surface area contributed by atoms with Crippen LogP contribution >= 0.6 is 0 Å². The van der Waals surface area contributed by atoms with Gasteiger partial charge in [-0.25, -0.2) is 8.42 Å². The minimum atomic E-state index is -4.57. The van der Waals surface area contributed by atoms with Gasteiger partial charge in [0, 0.05) is 17.3 Å². The van der Waals surface area contributed by atoms with Gasteiger partial charge in [-0.2, -0.15) is 13.2 Å². The Labute approximate surface area is 167 Å². The molecule has 0 atom stereocenters. The van der Waals surface area contributed by atoms with Gasteiger partial charge in [0.15, 0.2) is 0 Å². The Hall–Kier alpha value is -2.55. The lowest BCUT2D eigenvalue weighted by Crippen LogP contribution is -2.24. The summed E-state index contributed by atoms with van der Waals surface area (Å²) in [5.41, 5.74) is -0.661. The van der Waals surface area contributed by atoms with Crippen molar-refractivity contribution in [1.82, 2.24) is 0 Å². The van der Waals surface area contributed by atoms with E-state index >= 15 is 0 Å². The maximum atomic E-state index is 12.8. The second-order valence-corrected chi connectivity index (χ2v) is 8.72. The highest BCUT2D eigenvalue weighted by Gasteiger charge is 2.30. The zero-order valence-corrected chi connectivity index (χ0v) is 16.3. The minimum absolute atomic E-state index is 0.0327. The zero-order chi connectivity index (χ0) is 21.1. The van der Waals surface area contributed by atoms with Gasteiger partial charge in [-0.05, 0) is 55.3 Å². The van der Waals surface area contributed by atoms with Crippen LogP contribution in [0.15, 0.2) is 53.4 Å². The molecule has 1 amide bonds. The van der Waals surface area contributed by atoms with Crippen LogP contribution in [0.3, 0.4) is 0 Å². The van der Waals surface area contributed by atoms with E-state index in [0.29, 0.717) is 5.69 Å². The van der Waals surface area contributed by atoms with Gasteiger partial charge in [-0.3, -0.25) is 9.52 Å². The van der Waals surface area contributed by atoms with Crippen molar-refractivity contribution in [3.8, 4) is 0 Å². The van der Waals surface area contributed by atoms with Crippen molar-refractivity contribution >= 4 is 27.3 Å². The summed E-state index contributed by atoms with van der Waals surface area (Å²) in [5, 5.41) is 2.78. The van der Waals surface area contributed by atoms with Crippen molar-refractivity contribution < 1.29 is 26.4 Å². The molecule has 0 bridgehead atoms. The smallest absolute Gasteiger partial charge is 0.326 e. The first-order valence-corrected chi connectivity index (χ1v) is 10.7. The van der Waals surface area contributed by atoms with Crippen molar-refractivity contribution in [2.24, 2.45) is 5.92 Å². The van der Waals surface area contributed by atoms with Crippen molar-refractivity contribution in [3.63, 3.8) is 0 Å². The van der Waals surface area contributed by atoms with Gasteiger partial charge in [0.25, 0.3) is 10.0 Å². The molecule has 0 aromatic heterocycles. The average molecular weight is 426 g/mol. The number of benzene rings is 2. The lowest BCUT2D eigenvalue weighted by atomic mass is 9.88. The highest BCUT2D eigenvalue weighted by Crippen LogP contribution is 2.31. The van der Waals surface area contributed by atoms with Crippen LogP contribution in [-0.4, -0.2) is 14.3 Å². The third-order valence-corrected chi connectivity index (χ3v) is 6.25. The van der Waals surface area contributed by atoms with E-state index in [2.05, 4.69) is 10.0 Å². The molecule has 0 radical (unpaired) electrons. The van der Waals surface area contributed by atoms with E-state index < -0.39 is 21.8 Å². The lowest BCUT2D eigenvalue weighted by Gasteiger charge is -2.20. The lowest BCUT2D eigenvalue weighted by molar-refractivity contribution is -0.137. The van der Waals surface area contributed by atoms with Gasteiger partial charge in [0.1, 0.15) is 0 Å². The van der Waals surface area contributed by atoms with Gasteiger partial charge in [-0.1, -0.05) is 25.3 Å². The quantitative estimate of drug-likeness (QED) is 0.705. The van der Waals surface area contributed by atoms with Crippen LogP contribution in [0.4, 0.5) is 24.5 Å². The molecule has 156 valence electrons. The Bertz CT molecular complexity index is 967. The molecule has 2 N–H and O–H groups in total. The topological polar surface area (TPSA) is 75.3 Å². The third-order valence-electron chi connectivity index (χ3n) is 4.85. The fourth-order valence-corrected chi connectivity index (χ4v) is 4.35. The number of hydrogen-bond donors (Lipinski definition) is 2. The second kappa shape index (κ2) is 8.44. The van der Waals surface area contributed by atoms with Gasteiger partial charge < -0.3 is 5.32 Å². The average Bonchev–Trinajstić information content (AvgIpc) is 2.68. The highest BCUT2D eigenvalue weighted by atomic mass is 32.2. The number of hydrogen-bond acceptors (Lipinski definition) is 3. The number of carbonyl (C=O) groups excluding carboxylic acids is 1. The minimum Gasteiger partial charge on any atom is -0.326 e. The third kappa shape index (κ3) is 5.50. The molecule has 1 aliphatic rings. The fraction of sp³-hybridized carbons (Fsp3) is 0.350. The van der Waals surface area contributed by atoms with E-state index in [4.69, 9.17) is 0 Å². The zero-order valence-electron chi connectivity index (χ0n) is 15.5. The number of alkyl halides is 3. The first kappa shape index (κ1) is 21.2. The van der Waals surface area contributed by atoms with E-state index in [1.54, 1.807) is 0 Å². The molecule has 29 heavy (non-hydrogen) atoms. The second-order valence-electron chi connectivity index (χ2n) is 7.03. The van der Waals surface area contributed by atoms with E-state index in [1.165, 1.54) is 30.3 Å². The van der Waals surface area contributed by atoms with Gasteiger partial charge >= 0.3 is 6.18 Å². The summed E-state index contributed by atoms with van der Waals surface area (Å²) in [6.07, 6.45) is 0.306. The van der Waals surface area contributed by atoms with Gasteiger partial charge in [0.05, 0.1) is 10.5 Å². The highest BCUT2D eigenvalue weighted by molar-refractivity contribution is 7.92. The number of nitrogens with one attached hydrogen (secondary N) is 2. The van der Waals surface area contributed by atoms with Crippen molar-refractivity contribution in [2.45, 2.75) is 43.2 Å². The van der Waals surface area contributed by atoms with Crippen LogP contribution in [0.25, 0.3) is 0 Å². The molecule has 0 aliphatic heterocycles. The molecule has 0 heterocycles. The summed E-state index contributed by atoms with van der Waals surface area (Å²) >= 11 is 0. The first-order valence-electron chi connectivity index (χ1n) is 9.26. The molecule has 0 unspecified atom stereocenters. The summed E-state index contributed by atoms with van der Waals surface area (Å²) in [7, 11) is -4.07. The van der Waals surface area contributed by atoms with Crippen LogP contribution in [0, 0.1) is 5.92 Å². The van der Waals surface area contributed by atoms with Crippen LogP contribution in [0.5, 0.6) is 0 Å². The molecule has 2 aromatic rings. The Morgan fingerprint density at radius 1 is 0.931 bits per heavy atom. The van der Waals surface area contributed by atoms with E-state index in [1.807, 2.05) is 0 Å². The Balaban J connectivity index is 1.69. The Kier molecular flexibility index (Phi) is 6.16. The van der Waals surface area contributed by atoms with Crippen molar-refractivity contribution in [1.29, 1.82) is 0 Å². The standard InChI is InChI=1S/C20H21F3N2O3S/c21-20(22,23)15-7-4-8-17(13-15)25-29(27,28)18-11-9-16(10-12-18)24-19(26)14-5-2-1-3-6-14/h4,7-14,25H,1-3,5-6H2,(H,24,26). The molecule has 9 heteroatoms. The molecule has 5 nitrogen and oxygen atoms in total. The predicted octanol–water partition coefficient (Wildman–Crippen LogP) is 5.03.